The molecule has 0 saturated carbocycles. The molecular formula is C27H28N4O. The molecule has 3 aromatic rings. The van der Waals surface area contributed by atoms with Crippen molar-refractivity contribution < 1.29 is 4.79 Å². The first-order chi connectivity index (χ1) is 15.7. The number of unbranched alkanes of at least 4 members (excludes halogenated alkanes) is 1. The van der Waals surface area contributed by atoms with Gasteiger partial charge in [-0.2, -0.15) is 5.26 Å². The first-order valence-electron chi connectivity index (χ1n) is 11.3. The number of carbonyl (C=O) groups excluding carboxylic acids is 1. The highest BCUT2D eigenvalue weighted by molar-refractivity contribution is 5.99. The fourth-order valence-electron chi connectivity index (χ4n) is 4.48. The second-order valence-electron chi connectivity index (χ2n) is 8.51. The smallest absolute Gasteiger partial charge is 0.256 e. The van der Waals surface area contributed by atoms with Crippen molar-refractivity contribution in [2.24, 2.45) is 5.41 Å². The van der Waals surface area contributed by atoms with Gasteiger partial charge in [-0.25, -0.2) is 0 Å². The van der Waals surface area contributed by atoms with Crippen LogP contribution in [0.5, 0.6) is 0 Å². The first kappa shape index (κ1) is 21.7. The number of aryl methyl sites for hydroxylation is 1. The topological polar surface area (TPSA) is 69.9 Å². The highest BCUT2D eigenvalue weighted by Crippen LogP contribution is 2.37. The van der Waals surface area contributed by atoms with Gasteiger partial charge in [0, 0.05) is 37.2 Å². The Bertz CT molecular complexity index is 1070. The summed E-state index contributed by atoms with van der Waals surface area (Å²) in [6, 6.07) is 20.5. The Kier molecular flexibility index (Phi) is 6.91. The molecule has 4 rings (SSSR count). The van der Waals surface area contributed by atoms with E-state index in [1.807, 2.05) is 29.2 Å². The Labute approximate surface area is 189 Å². The highest BCUT2D eigenvalue weighted by atomic mass is 16.2. The van der Waals surface area contributed by atoms with Crippen molar-refractivity contribution in [3.8, 4) is 17.3 Å². The molecule has 32 heavy (non-hydrogen) atoms. The number of pyridine rings is 2. The van der Waals surface area contributed by atoms with Gasteiger partial charge in [0.05, 0.1) is 22.7 Å². The van der Waals surface area contributed by atoms with E-state index < -0.39 is 0 Å². The van der Waals surface area contributed by atoms with Crippen molar-refractivity contribution in [2.45, 2.75) is 38.5 Å². The van der Waals surface area contributed by atoms with Gasteiger partial charge in [-0.3, -0.25) is 14.8 Å². The van der Waals surface area contributed by atoms with Crippen molar-refractivity contribution >= 4 is 5.91 Å². The number of carbonyl (C=O) groups is 1. The average Bonchev–Trinajstić information content (AvgIpc) is 2.88. The molecule has 3 heterocycles. The maximum Gasteiger partial charge on any atom is 0.256 e. The Morgan fingerprint density at radius 1 is 0.969 bits per heavy atom. The third-order valence-electron chi connectivity index (χ3n) is 6.45. The van der Waals surface area contributed by atoms with Gasteiger partial charge in [0.1, 0.15) is 0 Å². The summed E-state index contributed by atoms with van der Waals surface area (Å²) < 4.78 is 0. The first-order valence-corrected chi connectivity index (χ1v) is 11.3. The highest BCUT2D eigenvalue weighted by Gasteiger charge is 2.36. The van der Waals surface area contributed by atoms with Crippen LogP contribution in [-0.2, 0) is 6.42 Å². The van der Waals surface area contributed by atoms with Gasteiger partial charge in [-0.15, -0.1) is 0 Å². The Morgan fingerprint density at radius 2 is 1.72 bits per heavy atom. The molecule has 0 aliphatic carbocycles. The number of hydrogen-bond donors (Lipinski definition) is 0. The maximum absolute atomic E-state index is 13.3. The molecule has 1 aromatic carbocycles. The molecule has 0 unspecified atom stereocenters. The standard InChI is InChI=1S/C27H28N4O/c28-21-27(13-5-4-9-22-7-2-1-3-8-22)14-19-31(20-15-27)26(32)24-10-6-16-30-25(24)23-11-17-29-18-12-23/h1-3,6-8,10-12,16-18H,4-5,9,13-15,19-20H2. The van der Waals surface area contributed by atoms with Crippen molar-refractivity contribution in [1.29, 1.82) is 5.26 Å². The minimum Gasteiger partial charge on any atom is -0.338 e. The number of amides is 1. The van der Waals surface area contributed by atoms with Gasteiger partial charge in [0.25, 0.3) is 5.91 Å². The van der Waals surface area contributed by atoms with Gasteiger partial charge in [0.2, 0.25) is 0 Å². The monoisotopic (exact) mass is 424 g/mol. The molecule has 1 amide bonds. The quantitative estimate of drug-likeness (QED) is 0.483. The van der Waals surface area contributed by atoms with Crippen molar-refractivity contribution in [3.63, 3.8) is 0 Å². The van der Waals surface area contributed by atoms with Crippen LogP contribution >= 0.6 is 0 Å². The summed E-state index contributed by atoms with van der Waals surface area (Å²) in [6.45, 7) is 1.21. The van der Waals surface area contributed by atoms with Crippen LogP contribution in [0.15, 0.2) is 73.2 Å². The minimum absolute atomic E-state index is 0.0134. The molecule has 0 atom stereocenters. The van der Waals surface area contributed by atoms with Gasteiger partial charge in [0.15, 0.2) is 0 Å². The zero-order valence-corrected chi connectivity index (χ0v) is 18.3. The Balaban J connectivity index is 1.36. The van der Waals surface area contributed by atoms with E-state index >= 15 is 0 Å². The van der Waals surface area contributed by atoms with E-state index in [1.54, 1.807) is 24.7 Å². The molecule has 5 heteroatoms. The van der Waals surface area contributed by atoms with Crippen LogP contribution in [0.2, 0.25) is 0 Å². The third kappa shape index (κ3) is 5.03. The molecule has 2 aromatic heterocycles. The second kappa shape index (κ2) is 10.2. The zero-order valence-electron chi connectivity index (χ0n) is 18.3. The number of nitrogens with zero attached hydrogens (tertiary/aromatic N) is 4. The average molecular weight is 425 g/mol. The van der Waals surface area contributed by atoms with E-state index in [2.05, 4.69) is 40.3 Å². The fraction of sp³-hybridized carbons (Fsp3) is 0.333. The predicted molar refractivity (Wildman–Crippen MR) is 125 cm³/mol. The molecule has 162 valence electrons. The molecule has 0 radical (unpaired) electrons. The molecule has 0 N–H and O–H groups in total. The third-order valence-corrected chi connectivity index (χ3v) is 6.45. The summed E-state index contributed by atoms with van der Waals surface area (Å²) in [5.41, 5.74) is 3.19. The number of likely N-dealkylation sites (tertiary alicyclic amines) is 1. The summed E-state index contributed by atoms with van der Waals surface area (Å²) in [5.74, 6) is -0.0134. The summed E-state index contributed by atoms with van der Waals surface area (Å²) in [4.78, 5) is 23.7. The second-order valence-corrected chi connectivity index (χ2v) is 8.51. The van der Waals surface area contributed by atoms with Gasteiger partial charge in [-0.05, 0) is 61.9 Å². The van der Waals surface area contributed by atoms with E-state index in [9.17, 15) is 10.1 Å². The van der Waals surface area contributed by atoms with E-state index in [1.165, 1.54) is 5.56 Å². The molecular weight excluding hydrogens is 396 g/mol. The van der Waals surface area contributed by atoms with Crippen molar-refractivity contribution in [1.82, 2.24) is 14.9 Å². The summed E-state index contributed by atoms with van der Waals surface area (Å²) in [5, 5.41) is 9.92. The molecule has 1 fully saturated rings. The fourth-order valence-corrected chi connectivity index (χ4v) is 4.48. The number of piperidine rings is 1. The maximum atomic E-state index is 13.3. The van der Waals surface area contributed by atoms with E-state index in [-0.39, 0.29) is 11.3 Å². The number of nitriles is 1. The largest absolute Gasteiger partial charge is 0.338 e. The summed E-state index contributed by atoms with van der Waals surface area (Å²) in [6.07, 6.45) is 10.6. The Morgan fingerprint density at radius 3 is 2.44 bits per heavy atom. The molecule has 1 aliphatic rings. The summed E-state index contributed by atoms with van der Waals surface area (Å²) in [7, 11) is 0. The molecule has 0 bridgehead atoms. The molecule has 1 saturated heterocycles. The van der Waals surface area contributed by atoms with Crippen LogP contribution in [0.3, 0.4) is 0 Å². The molecule has 5 nitrogen and oxygen atoms in total. The predicted octanol–water partition coefficient (Wildman–Crippen LogP) is 5.30. The lowest BCUT2D eigenvalue weighted by Gasteiger charge is -2.37. The van der Waals surface area contributed by atoms with Crippen LogP contribution in [-0.4, -0.2) is 33.9 Å². The number of benzene rings is 1. The van der Waals surface area contributed by atoms with Crippen LogP contribution in [0.25, 0.3) is 11.3 Å². The van der Waals surface area contributed by atoms with E-state index in [0.717, 1.165) is 44.1 Å². The SMILES string of the molecule is N#CC1(CCCCc2ccccc2)CCN(C(=O)c2cccnc2-c2ccncc2)CC1. The van der Waals surface area contributed by atoms with Crippen molar-refractivity contribution in [2.75, 3.05) is 13.1 Å². The van der Waals surface area contributed by atoms with Crippen molar-refractivity contribution in [3.05, 3.63) is 84.3 Å². The number of aromatic nitrogens is 2. The van der Waals surface area contributed by atoms with Crippen LogP contribution in [0.1, 0.15) is 48.0 Å². The number of rotatable bonds is 7. The van der Waals surface area contributed by atoms with Gasteiger partial charge in [-0.1, -0.05) is 36.8 Å². The van der Waals surface area contributed by atoms with Crippen LogP contribution in [0, 0.1) is 16.7 Å². The number of hydrogen-bond acceptors (Lipinski definition) is 4. The molecule has 1 aliphatic heterocycles. The lowest BCUT2D eigenvalue weighted by Crippen LogP contribution is -2.43. The molecule has 0 spiro atoms. The van der Waals surface area contributed by atoms with Gasteiger partial charge >= 0.3 is 0 Å². The lowest BCUT2D eigenvalue weighted by atomic mass is 9.75. The van der Waals surface area contributed by atoms with Crippen LogP contribution in [0.4, 0.5) is 0 Å². The van der Waals surface area contributed by atoms with E-state index in [0.29, 0.717) is 24.3 Å². The Hall–Kier alpha value is -3.52. The van der Waals surface area contributed by atoms with Crippen LogP contribution < -0.4 is 0 Å². The van der Waals surface area contributed by atoms with Gasteiger partial charge < -0.3 is 4.90 Å². The minimum atomic E-state index is -0.323. The normalized spacial score (nSPS) is 15.2. The summed E-state index contributed by atoms with van der Waals surface area (Å²) >= 11 is 0. The zero-order chi connectivity index (χ0) is 22.2. The van der Waals surface area contributed by atoms with E-state index in [4.69, 9.17) is 0 Å². The lowest BCUT2D eigenvalue weighted by molar-refractivity contribution is 0.0636.